The number of hydrogen-bond acceptors (Lipinski definition) is 3. The van der Waals surface area contributed by atoms with Gasteiger partial charge in [0.05, 0.1) is 23.7 Å². The Morgan fingerprint density at radius 2 is 2.29 bits per heavy atom. The van der Waals surface area contributed by atoms with Crippen LogP contribution in [0.1, 0.15) is 28.8 Å². The van der Waals surface area contributed by atoms with Crippen LogP contribution in [0.25, 0.3) is 5.69 Å². The van der Waals surface area contributed by atoms with Crippen LogP contribution in [0.4, 0.5) is 0 Å². The zero-order valence-corrected chi connectivity index (χ0v) is 12.1. The van der Waals surface area contributed by atoms with Gasteiger partial charge in [-0.1, -0.05) is 11.6 Å². The minimum absolute atomic E-state index is 0.0267. The molecule has 1 aromatic heterocycles. The van der Waals surface area contributed by atoms with Gasteiger partial charge in [-0.2, -0.15) is 0 Å². The number of β-amino-alcohol motifs (C(OH)–C–C–N with tert-alkyl or cyclic N) is 1. The van der Waals surface area contributed by atoms with Crippen molar-refractivity contribution < 1.29 is 9.90 Å². The van der Waals surface area contributed by atoms with E-state index in [1.54, 1.807) is 17.4 Å². The summed E-state index contributed by atoms with van der Waals surface area (Å²) in [5, 5.41) is 9.77. The summed E-state index contributed by atoms with van der Waals surface area (Å²) in [6.07, 6.45) is 6.41. The van der Waals surface area contributed by atoms with Gasteiger partial charge in [-0.25, -0.2) is 4.98 Å². The molecule has 110 valence electrons. The summed E-state index contributed by atoms with van der Waals surface area (Å²) >= 11 is 0. The summed E-state index contributed by atoms with van der Waals surface area (Å²) in [5.74, 6) is -0.0267. The van der Waals surface area contributed by atoms with Crippen LogP contribution >= 0.6 is 0 Å². The smallest absolute Gasteiger partial charge is 0.256 e. The van der Waals surface area contributed by atoms with E-state index in [2.05, 4.69) is 4.98 Å². The van der Waals surface area contributed by atoms with Crippen LogP contribution in [0.2, 0.25) is 0 Å². The van der Waals surface area contributed by atoms with Crippen molar-refractivity contribution in [1.82, 2.24) is 14.5 Å². The lowest BCUT2D eigenvalue weighted by Gasteiger charge is -2.30. The maximum absolute atomic E-state index is 12.8. The first-order valence-electron chi connectivity index (χ1n) is 7.21. The number of aromatic nitrogens is 2. The Morgan fingerprint density at radius 3 is 3.00 bits per heavy atom. The highest BCUT2D eigenvalue weighted by atomic mass is 16.3. The van der Waals surface area contributed by atoms with Crippen molar-refractivity contribution in [3.63, 3.8) is 0 Å². The number of nitrogens with zero attached hydrogens (tertiary/aromatic N) is 3. The normalized spacial score (nSPS) is 18.8. The van der Waals surface area contributed by atoms with Gasteiger partial charge in [0.15, 0.2) is 0 Å². The fourth-order valence-electron chi connectivity index (χ4n) is 2.76. The first kappa shape index (κ1) is 13.8. The quantitative estimate of drug-likeness (QED) is 0.915. The van der Waals surface area contributed by atoms with Crippen LogP contribution in [0.3, 0.4) is 0 Å². The number of aliphatic hydroxyl groups excluding tert-OH is 1. The second kappa shape index (κ2) is 5.69. The zero-order chi connectivity index (χ0) is 14.8. The molecule has 1 unspecified atom stereocenters. The molecular formula is C16H19N3O2. The molecule has 1 aromatic carbocycles. The maximum Gasteiger partial charge on any atom is 0.256 e. The standard InChI is InChI=1S/C16H19N3O2/c1-12-4-5-15(19-8-6-17-11-19)14(9-12)16(21)18-7-2-3-13(20)10-18/h4-6,8-9,11,13,20H,2-3,7,10H2,1H3. The van der Waals surface area contributed by atoms with Crippen molar-refractivity contribution in [2.24, 2.45) is 0 Å². The summed E-state index contributed by atoms with van der Waals surface area (Å²) in [5.41, 5.74) is 2.52. The third-order valence-electron chi connectivity index (χ3n) is 3.85. The molecule has 1 aliphatic heterocycles. The Balaban J connectivity index is 1.97. The monoisotopic (exact) mass is 285 g/mol. The van der Waals surface area contributed by atoms with Crippen LogP contribution in [0, 0.1) is 6.92 Å². The van der Waals surface area contributed by atoms with Crippen molar-refractivity contribution in [1.29, 1.82) is 0 Å². The van der Waals surface area contributed by atoms with Gasteiger partial charge < -0.3 is 14.6 Å². The highest BCUT2D eigenvalue weighted by molar-refractivity contribution is 5.98. The van der Waals surface area contributed by atoms with Gasteiger partial charge in [0.1, 0.15) is 0 Å². The fourth-order valence-corrected chi connectivity index (χ4v) is 2.76. The minimum Gasteiger partial charge on any atom is -0.391 e. The largest absolute Gasteiger partial charge is 0.391 e. The average molecular weight is 285 g/mol. The van der Waals surface area contributed by atoms with Gasteiger partial charge in [0.2, 0.25) is 0 Å². The Labute approximate surface area is 123 Å². The predicted octanol–water partition coefficient (Wildman–Crippen LogP) is 1.78. The van der Waals surface area contributed by atoms with E-state index in [4.69, 9.17) is 0 Å². The van der Waals surface area contributed by atoms with Gasteiger partial charge in [0.25, 0.3) is 5.91 Å². The molecule has 0 radical (unpaired) electrons. The molecule has 0 saturated carbocycles. The van der Waals surface area contributed by atoms with E-state index in [1.165, 1.54) is 0 Å². The number of aryl methyl sites for hydroxylation is 1. The fraction of sp³-hybridized carbons (Fsp3) is 0.375. The molecule has 1 atom stereocenters. The molecular weight excluding hydrogens is 266 g/mol. The Morgan fingerprint density at radius 1 is 1.43 bits per heavy atom. The SMILES string of the molecule is Cc1ccc(-n2ccnc2)c(C(=O)N2CCCC(O)C2)c1. The lowest BCUT2D eigenvalue weighted by molar-refractivity contribution is 0.0473. The Bertz CT molecular complexity index is 637. The van der Waals surface area contributed by atoms with Crippen molar-refractivity contribution in [3.8, 4) is 5.69 Å². The molecule has 0 aliphatic carbocycles. The number of carbonyl (C=O) groups is 1. The van der Waals surface area contributed by atoms with Crippen molar-refractivity contribution >= 4 is 5.91 Å². The zero-order valence-electron chi connectivity index (χ0n) is 12.1. The summed E-state index contributed by atoms with van der Waals surface area (Å²) in [6.45, 7) is 3.09. The Hall–Kier alpha value is -2.14. The average Bonchev–Trinajstić information content (AvgIpc) is 3.00. The number of amides is 1. The van der Waals surface area contributed by atoms with Crippen molar-refractivity contribution in [2.75, 3.05) is 13.1 Å². The molecule has 2 heterocycles. The molecule has 5 heteroatoms. The number of hydrogen-bond donors (Lipinski definition) is 1. The number of benzene rings is 1. The molecule has 0 spiro atoms. The molecule has 1 amide bonds. The molecule has 1 aliphatic rings. The van der Waals surface area contributed by atoms with E-state index in [0.29, 0.717) is 18.7 Å². The predicted molar refractivity (Wildman–Crippen MR) is 79.4 cm³/mol. The van der Waals surface area contributed by atoms with Gasteiger partial charge >= 0.3 is 0 Å². The summed E-state index contributed by atoms with van der Waals surface area (Å²) in [6, 6.07) is 5.82. The molecule has 2 aromatic rings. The topological polar surface area (TPSA) is 58.4 Å². The van der Waals surface area contributed by atoms with E-state index in [9.17, 15) is 9.90 Å². The van der Waals surface area contributed by atoms with Gasteiger partial charge in [-0.05, 0) is 31.9 Å². The van der Waals surface area contributed by atoms with Crippen LogP contribution in [0.15, 0.2) is 36.9 Å². The first-order valence-corrected chi connectivity index (χ1v) is 7.21. The second-order valence-corrected chi connectivity index (χ2v) is 5.54. The van der Waals surface area contributed by atoms with E-state index in [1.807, 2.05) is 35.9 Å². The molecule has 5 nitrogen and oxygen atoms in total. The van der Waals surface area contributed by atoms with Crippen LogP contribution in [-0.4, -0.2) is 44.7 Å². The Kier molecular flexibility index (Phi) is 3.75. The third-order valence-corrected chi connectivity index (χ3v) is 3.85. The highest BCUT2D eigenvalue weighted by Gasteiger charge is 2.25. The number of piperidine rings is 1. The van der Waals surface area contributed by atoms with Crippen LogP contribution in [-0.2, 0) is 0 Å². The van der Waals surface area contributed by atoms with Gasteiger partial charge in [-0.3, -0.25) is 4.79 Å². The highest BCUT2D eigenvalue weighted by Crippen LogP contribution is 2.21. The second-order valence-electron chi connectivity index (χ2n) is 5.54. The van der Waals surface area contributed by atoms with E-state index >= 15 is 0 Å². The van der Waals surface area contributed by atoms with Crippen molar-refractivity contribution in [2.45, 2.75) is 25.9 Å². The number of likely N-dealkylation sites (tertiary alicyclic amines) is 1. The lowest BCUT2D eigenvalue weighted by atomic mass is 10.0. The molecule has 1 fully saturated rings. The minimum atomic E-state index is -0.413. The number of aliphatic hydroxyl groups is 1. The third kappa shape index (κ3) is 2.83. The number of imidazole rings is 1. The van der Waals surface area contributed by atoms with E-state index in [0.717, 1.165) is 24.1 Å². The van der Waals surface area contributed by atoms with E-state index in [-0.39, 0.29) is 5.91 Å². The first-order chi connectivity index (χ1) is 10.1. The van der Waals surface area contributed by atoms with Gasteiger partial charge in [0, 0.05) is 25.5 Å². The molecule has 1 N–H and O–H groups in total. The molecule has 1 saturated heterocycles. The maximum atomic E-state index is 12.8. The summed E-state index contributed by atoms with van der Waals surface area (Å²) in [7, 11) is 0. The molecule has 0 bridgehead atoms. The summed E-state index contributed by atoms with van der Waals surface area (Å²) in [4.78, 5) is 18.6. The number of rotatable bonds is 2. The van der Waals surface area contributed by atoms with Crippen LogP contribution in [0.5, 0.6) is 0 Å². The molecule has 21 heavy (non-hydrogen) atoms. The van der Waals surface area contributed by atoms with E-state index < -0.39 is 6.10 Å². The number of carbonyl (C=O) groups excluding carboxylic acids is 1. The molecule has 3 rings (SSSR count). The lowest BCUT2D eigenvalue weighted by Crippen LogP contribution is -2.42. The van der Waals surface area contributed by atoms with Crippen molar-refractivity contribution in [3.05, 3.63) is 48.0 Å². The summed E-state index contributed by atoms with van der Waals surface area (Å²) < 4.78 is 1.84. The van der Waals surface area contributed by atoms with Gasteiger partial charge in [-0.15, -0.1) is 0 Å². The van der Waals surface area contributed by atoms with Crippen LogP contribution < -0.4 is 0 Å².